The Morgan fingerprint density at radius 3 is 2.67 bits per heavy atom. The van der Waals surface area contributed by atoms with Crippen molar-refractivity contribution in [2.75, 3.05) is 19.8 Å². The SMILES string of the molecule is CC(C)Oc1nc(N)nc(-n2ccc(C(=O)N(C)C)n2)n1. The van der Waals surface area contributed by atoms with Crippen LogP contribution >= 0.6 is 0 Å². The van der Waals surface area contributed by atoms with Crippen molar-refractivity contribution in [1.29, 1.82) is 0 Å². The Hall–Kier alpha value is -2.71. The van der Waals surface area contributed by atoms with E-state index in [-0.39, 0.29) is 35.6 Å². The Bertz CT molecular complexity index is 651. The molecule has 2 rings (SSSR count). The van der Waals surface area contributed by atoms with Gasteiger partial charge in [-0.25, -0.2) is 4.68 Å². The van der Waals surface area contributed by atoms with E-state index in [9.17, 15) is 4.79 Å². The normalized spacial score (nSPS) is 10.7. The lowest BCUT2D eigenvalue weighted by Crippen LogP contribution is -2.22. The van der Waals surface area contributed by atoms with E-state index in [1.165, 1.54) is 9.58 Å². The summed E-state index contributed by atoms with van der Waals surface area (Å²) in [5, 5.41) is 4.12. The maximum Gasteiger partial charge on any atom is 0.323 e. The molecule has 2 N–H and O–H groups in total. The Morgan fingerprint density at radius 2 is 2.05 bits per heavy atom. The van der Waals surface area contributed by atoms with Gasteiger partial charge in [0.2, 0.25) is 5.95 Å². The zero-order valence-corrected chi connectivity index (χ0v) is 12.3. The van der Waals surface area contributed by atoms with Gasteiger partial charge >= 0.3 is 6.01 Å². The van der Waals surface area contributed by atoms with Gasteiger partial charge in [0, 0.05) is 20.3 Å². The first kappa shape index (κ1) is 14.7. The molecule has 0 radical (unpaired) electrons. The molecule has 0 aliphatic rings. The molecule has 0 aliphatic heterocycles. The number of amides is 1. The van der Waals surface area contributed by atoms with Crippen LogP contribution in [0.4, 0.5) is 5.95 Å². The largest absolute Gasteiger partial charge is 0.461 e. The van der Waals surface area contributed by atoms with Crippen LogP contribution in [0.2, 0.25) is 0 Å². The van der Waals surface area contributed by atoms with Crippen molar-refractivity contribution < 1.29 is 9.53 Å². The van der Waals surface area contributed by atoms with Crippen LogP contribution in [0.3, 0.4) is 0 Å². The molecule has 0 atom stereocenters. The Balaban J connectivity index is 2.34. The van der Waals surface area contributed by atoms with Gasteiger partial charge in [-0.05, 0) is 19.9 Å². The minimum atomic E-state index is -0.213. The number of hydrogen-bond acceptors (Lipinski definition) is 7. The fraction of sp³-hybridized carbons (Fsp3) is 0.417. The van der Waals surface area contributed by atoms with Crippen molar-refractivity contribution in [2.45, 2.75) is 20.0 Å². The lowest BCUT2D eigenvalue weighted by Gasteiger charge is -2.09. The molecule has 2 aromatic rings. The van der Waals surface area contributed by atoms with E-state index in [1.54, 1.807) is 26.4 Å². The summed E-state index contributed by atoms with van der Waals surface area (Å²) in [6.07, 6.45) is 1.48. The second-order valence-corrected chi connectivity index (χ2v) is 4.79. The summed E-state index contributed by atoms with van der Waals surface area (Å²) >= 11 is 0. The first-order valence-corrected chi connectivity index (χ1v) is 6.32. The molecule has 2 aromatic heterocycles. The highest BCUT2D eigenvalue weighted by Gasteiger charge is 2.14. The molecule has 0 spiro atoms. The van der Waals surface area contributed by atoms with Crippen LogP contribution in [0, 0.1) is 0 Å². The van der Waals surface area contributed by atoms with E-state index >= 15 is 0 Å². The molecule has 0 unspecified atom stereocenters. The van der Waals surface area contributed by atoms with Gasteiger partial charge in [-0.2, -0.15) is 20.1 Å². The van der Waals surface area contributed by atoms with E-state index in [0.717, 1.165) is 0 Å². The van der Waals surface area contributed by atoms with Gasteiger partial charge in [-0.3, -0.25) is 4.79 Å². The summed E-state index contributed by atoms with van der Waals surface area (Å²) < 4.78 is 6.74. The molecule has 0 aromatic carbocycles. The molecule has 21 heavy (non-hydrogen) atoms. The Labute approximate surface area is 121 Å². The smallest absolute Gasteiger partial charge is 0.323 e. The van der Waals surface area contributed by atoms with Crippen molar-refractivity contribution in [2.24, 2.45) is 0 Å². The molecule has 2 heterocycles. The van der Waals surface area contributed by atoms with Crippen molar-refractivity contribution >= 4 is 11.9 Å². The number of rotatable bonds is 4. The van der Waals surface area contributed by atoms with Crippen LogP contribution in [0.15, 0.2) is 12.3 Å². The van der Waals surface area contributed by atoms with Gasteiger partial charge in [0.15, 0.2) is 5.69 Å². The quantitative estimate of drug-likeness (QED) is 0.851. The fourth-order valence-electron chi connectivity index (χ4n) is 1.51. The number of aromatic nitrogens is 5. The molecular formula is C12H17N7O2. The van der Waals surface area contributed by atoms with Gasteiger partial charge in [0.05, 0.1) is 6.10 Å². The summed E-state index contributed by atoms with van der Waals surface area (Å²) in [5.74, 6) is -0.00276. The number of nitrogens with zero attached hydrogens (tertiary/aromatic N) is 6. The predicted molar refractivity (Wildman–Crippen MR) is 75.1 cm³/mol. The third-order valence-electron chi connectivity index (χ3n) is 2.38. The van der Waals surface area contributed by atoms with Crippen LogP contribution in [0.1, 0.15) is 24.3 Å². The third kappa shape index (κ3) is 3.44. The van der Waals surface area contributed by atoms with E-state index in [2.05, 4.69) is 20.1 Å². The number of carbonyl (C=O) groups is 1. The first-order chi connectivity index (χ1) is 9.86. The second-order valence-electron chi connectivity index (χ2n) is 4.79. The van der Waals surface area contributed by atoms with Crippen molar-refractivity contribution in [3.05, 3.63) is 18.0 Å². The average molecular weight is 291 g/mol. The number of ether oxygens (including phenoxy) is 1. The Kier molecular flexibility index (Phi) is 4.01. The number of carbonyl (C=O) groups excluding carboxylic acids is 1. The Morgan fingerprint density at radius 1 is 1.33 bits per heavy atom. The van der Waals surface area contributed by atoms with Crippen molar-refractivity contribution in [3.8, 4) is 12.0 Å². The van der Waals surface area contributed by atoms with Gasteiger partial charge in [0.1, 0.15) is 0 Å². The van der Waals surface area contributed by atoms with E-state index in [0.29, 0.717) is 0 Å². The highest BCUT2D eigenvalue weighted by Crippen LogP contribution is 2.11. The van der Waals surface area contributed by atoms with Crippen LogP contribution < -0.4 is 10.5 Å². The summed E-state index contributed by atoms with van der Waals surface area (Å²) in [6, 6.07) is 1.69. The topological polar surface area (TPSA) is 112 Å². The molecule has 1 amide bonds. The van der Waals surface area contributed by atoms with Crippen molar-refractivity contribution in [1.82, 2.24) is 29.6 Å². The molecule has 0 saturated carbocycles. The number of nitrogens with two attached hydrogens (primary N) is 1. The van der Waals surface area contributed by atoms with Crippen LogP contribution in [-0.2, 0) is 0 Å². The number of hydrogen-bond donors (Lipinski definition) is 1. The fourth-order valence-corrected chi connectivity index (χ4v) is 1.51. The molecule has 0 aliphatic carbocycles. The molecule has 0 fully saturated rings. The molecule has 9 heteroatoms. The first-order valence-electron chi connectivity index (χ1n) is 6.32. The van der Waals surface area contributed by atoms with Crippen LogP contribution in [0.5, 0.6) is 6.01 Å². The van der Waals surface area contributed by atoms with E-state index in [4.69, 9.17) is 10.5 Å². The lowest BCUT2D eigenvalue weighted by atomic mass is 10.4. The molecule has 0 saturated heterocycles. The molecular weight excluding hydrogens is 274 g/mol. The maximum absolute atomic E-state index is 11.8. The van der Waals surface area contributed by atoms with Gasteiger partial charge in [-0.15, -0.1) is 0 Å². The number of anilines is 1. The predicted octanol–water partition coefficient (Wildman–Crippen LogP) is 0.128. The standard InChI is InChI=1S/C12H17N7O2/c1-7(2)21-12-15-10(13)14-11(16-12)19-6-5-8(17-19)9(20)18(3)4/h5-7H,1-4H3,(H2,13,14,15,16). The summed E-state index contributed by atoms with van der Waals surface area (Å²) in [7, 11) is 3.30. The van der Waals surface area contributed by atoms with Crippen LogP contribution in [-0.4, -0.2) is 55.7 Å². The molecule has 112 valence electrons. The summed E-state index contributed by atoms with van der Waals surface area (Å²) in [5.41, 5.74) is 5.91. The lowest BCUT2D eigenvalue weighted by molar-refractivity contribution is 0.0821. The van der Waals surface area contributed by atoms with E-state index in [1.807, 2.05) is 13.8 Å². The van der Waals surface area contributed by atoms with Gasteiger partial charge < -0.3 is 15.4 Å². The third-order valence-corrected chi connectivity index (χ3v) is 2.38. The zero-order valence-electron chi connectivity index (χ0n) is 12.3. The minimum absolute atomic E-state index is 0.0200. The molecule has 9 nitrogen and oxygen atoms in total. The van der Waals surface area contributed by atoms with Crippen LogP contribution in [0.25, 0.3) is 5.95 Å². The average Bonchev–Trinajstić information content (AvgIpc) is 2.85. The second kappa shape index (κ2) is 5.73. The summed E-state index contributed by atoms with van der Waals surface area (Å²) in [4.78, 5) is 25.2. The highest BCUT2D eigenvalue weighted by molar-refractivity contribution is 5.91. The highest BCUT2D eigenvalue weighted by atomic mass is 16.5. The van der Waals surface area contributed by atoms with Crippen molar-refractivity contribution in [3.63, 3.8) is 0 Å². The zero-order chi connectivity index (χ0) is 15.6. The summed E-state index contributed by atoms with van der Waals surface area (Å²) in [6.45, 7) is 3.70. The van der Waals surface area contributed by atoms with Gasteiger partial charge in [0.25, 0.3) is 11.9 Å². The maximum atomic E-state index is 11.8. The monoisotopic (exact) mass is 291 g/mol. The van der Waals surface area contributed by atoms with Gasteiger partial charge in [-0.1, -0.05) is 0 Å². The molecule has 0 bridgehead atoms. The number of nitrogen functional groups attached to an aromatic ring is 1. The minimum Gasteiger partial charge on any atom is -0.461 e. The van der Waals surface area contributed by atoms with E-state index < -0.39 is 0 Å².